The SMILES string of the molecule is Cc1nnc(SCC(=O)N[C@H](C)c2cccc3ccccc23)n(N)c1=O. The van der Waals surface area contributed by atoms with Gasteiger partial charge in [0.15, 0.2) is 0 Å². The first-order valence-electron chi connectivity index (χ1n) is 8.08. The Balaban J connectivity index is 1.68. The van der Waals surface area contributed by atoms with Gasteiger partial charge in [0.1, 0.15) is 5.69 Å². The third-order valence-electron chi connectivity index (χ3n) is 4.02. The lowest BCUT2D eigenvalue weighted by Gasteiger charge is -2.16. The van der Waals surface area contributed by atoms with Gasteiger partial charge in [-0.25, -0.2) is 0 Å². The zero-order chi connectivity index (χ0) is 18.7. The van der Waals surface area contributed by atoms with E-state index in [1.165, 1.54) is 6.92 Å². The van der Waals surface area contributed by atoms with Crippen LogP contribution >= 0.6 is 11.8 Å². The van der Waals surface area contributed by atoms with E-state index in [9.17, 15) is 9.59 Å². The number of hydrogen-bond donors (Lipinski definition) is 2. The number of benzene rings is 2. The average Bonchev–Trinajstić information content (AvgIpc) is 2.65. The first-order valence-corrected chi connectivity index (χ1v) is 9.07. The van der Waals surface area contributed by atoms with E-state index in [4.69, 9.17) is 5.84 Å². The summed E-state index contributed by atoms with van der Waals surface area (Å²) in [6.45, 7) is 3.47. The van der Waals surface area contributed by atoms with E-state index in [-0.39, 0.29) is 28.6 Å². The fourth-order valence-electron chi connectivity index (χ4n) is 2.69. The van der Waals surface area contributed by atoms with E-state index in [0.717, 1.165) is 32.8 Å². The molecule has 7 nitrogen and oxygen atoms in total. The molecule has 3 rings (SSSR count). The molecule has 0 unspecified atom stereocenters. The van der Waals surface area contributed by atoms with Crippen LogP contribution in [-0.4, -0.2) is 26.5 Å². The molecule has 3 N–H and O–H groups in total. The van der Waals surface area contributed by atoms with Gasteiger partial charge in [0, 0.05) is 0 Å². The summed E-state index contributed by atoms with van der Waals surface area (Å²) < 4.78 is 0.911. The largest absolute Gasteiger partial charge is 0.349 e. The summed E-state index contributed by atoms with van der Waals surface area (Å²) in [7, 11) is 0. The van der Waals surface area contributed by atoms with Crippen molar-refractivity contribution in [2.45, 2.75) is 25.0 Å². The number of carbonyl (C=O) groups excluding carboxylic acids is 1. The normalized spacial score (nSPS) is 12.1. The number of hydrogen-bond acceptors (Lipinski definition) is 6. The molecule has 26 heavy (non-hydrogen) atoms. The molecule has 3 aromatic rings. The molecule has 0 radical (unpaired) electrons. The van der Waals surface area contributed by atoms with Gasteiger partial charge in [-0.3, -0.25) is 9.59 Å². The molecule has 1 aromatic heterocycles. The highest BCUT2D eigenvalue weighted by Gasteiger charge is 2.14. The maximum absolute atomic E-state index is 12.3. The van der Waals surface area contributed by atoms with Crippen LogP contribution in [0.15, 0.2) is 52.4 Å². The smallest absolute Gasteiger partial charge is 0.294 e. The highest BCUT2D eigenvalue weighted by atomic mass is 32.2. The number of aryl methyl sites for hydroxylation is 1. The quantitative estimate of drug-likeness (QED) is 0.525. The molecule has 0 aliphatic rings. The molecular formula is C18H19N5O2S. The molecule has 1 atom stereocenters. The third kappa shape index (κ3) is 3.70. The first kappa shape index (κ1) is 17.9. The molecule has 0 fully saturated rings. The van der Waals surface area contributed by atoms with Gasteiger partial charge < -0.3 is 11.2 Å². The summed E-state index contributed by atoms with van der Waals surface area (Å²) in [6, 6.07) is 13.9. The predicted molar refractivity (Wildman–Crippen MR) is 102 cm³/mol. The Morgan fingerprint density at radius 2 is 1.96 bits per heavy atom. The number of nitrogens with one attached hydrogen (secondary N) is 1. The van der Waals surface area contributed by atoms with Crippen LogP contribution in [0.4, 0.5) is 0 Å². The van der Waals surface area contributed by atoms with Gasteiger partial charge in [0.05, 0.1) is 11.8 Å². The summed E-state index contributed by atoms with van der Waals surface area (Å²) in [5, 5.41) is 13.0. The van der Waals surface area contributed by atoms with Crippen LogP contribution in [0.1, 0.15) is 24.2 Å². The molecule has 0 bridgehead atoms. The molecule has 2 aromatic carbocycles. The number of nitrogens with two attached hydrogens (primary N) is 1. The Labute approximate surface area is 154 Å². The van der Waals surface area contributed by atoms with Crippen LogP contribution in [0.2, 0.25) is 0 Å². The molecule has 0 aliphatic heterocycles. The summed E-state index contributed by atoms with van der Waals surface area (Å²) in [5.41, 5.74) is 0.838. The summed E-state index contributed by atoms with van der Waals surface area (Å²) >= 11 is 1.07. The van der Waals surface area contributed by atoms with Crippen LogP contribution in [0.25, 0.3) is 10.8 Å². The Kier molecular flexibility index (Phi) is 5.22. The second-order valence-corrected chi connectivity index (χ2v) is 6.83. The van der Waals surface area contributed by atoms with E-state index in [0.29, 0.717) is 0 Å². The number of thioether (sulfide) groups is 1. The van der Waals surface area contributed by atoms with Gasteiger partial charge in [0.25, 0.3) is 5.56 Å². The van der Waals surface area contributed by atoms with Crippen LogP contribution in [-0.2, 0) is 4.79 Å². The minimum atomic E-state index is -0.424. The zero-order valence-corrected chi connectivity index (χ0v) is 15.3. The van der Waals surface area contributed by atoms with Gasteiger partial charge in [-0.2, -0.15) is 4.68 Å². The van der Waals surface area contributed by atoms with Crippen molar-refractivity contribution in [3.05, 3.63) is 64.1 Å². The number of carbonyl (C=O) groups is 1. The third-order valence-corrected chi connectivity index (χ3v) is 4.96. The van der Waals surface area contributed by atoms with E-state index in [1.54, 1.807) is 0 Å². The van der Waals surface area contributed by atoms with Gasteiger partial charge in [-0.1, -0.05) is 54.2 Å². The predicted octanol–water partition coefficient (Wildman–Crippen LogP) is 1.78. The average molecular weight is 369 g/mol. The van der Waals surface area contributed by atoms with Crippen molar-refractivity contribution in [2.75, 3.05) is 11.6 Å². The van der Waals surface area contributed by atoms with Crippen molar-refractivity contribution < 1.29 is 4.79 Å². The molecule has 1 heterocycles. The lowest BCUT2D eigenvalue weighted by atomic mass is 10.00. The van der Waals surface area contributed by atoms with Gasteiger partial charge in [0.2, 0.25) is 11.1 Å². The van der Waals surface area contributed by atoms with Crippen molar-refractivity contribution in [3.63, 3.8) is 0 Å². The van der Waals surface area contributed by atoms with Crippen LogP contribution in [0, 0.1) is 6.92 Å². The summed E-state index contributed by atoms with van der Waals surface area (Å²) in [4.78, 5) is 24.0. The molecule has 8 heteroatoms. The number of aromatic nitrogens is 3. The van der Waals surface area contributed by atoms with E-state index in [1.807, 2.05) is 49.4 Å². The molecular weight excluding hydrogens is 350 g/mol. The number of nitrogens with zero attached hydrogens (tertiary/aromatic N) is 3. The second-order valence-electron chi connectivity index (χ2n) is 5.89. The Morgan fingerprint density at radius 3 is 2.77 bits per heavy atom. The highest BCUT2D eigenvalue weighted by Crippen LogP contribution is 2.24. The number of amides is 1. The Hall–Kier alpha value is -2.87. The van der Waals surface area contributed by atoms with Crippen molar-refractivity contribution in [2.24, 2.45) is 0 Å². The van der Waals surface area contributed by atoms with Gasteiger partial charge in [-0.15, -0.1) is 10.2 Å². The number of rotatable bonds is 5. The monoisotopic (exact) mass is 369 g/mol. The van der Waals surface area contributed by atoms with E-state index >= 15 is 0 Å². The Bertz CT molecular complexity index is 1010. The Morgan fingerprint density at radius 1 is 1.23 bits per heavy atom. The maximum Gasteiger partial charge on any atom is 0.294 e. The summed E-state index contributed by atoms with van der Waals surface area (Å²) in [6.07, 6.45) is 0. The minimum absolute atomic E-state index is 0.0868. The lowest BCUT2D eigenvalue weighted by Crippen LogP contribution is -2.33. The lowest BCUT2D eigenvalue weighted by molar-refractivity contribution is -0.119. The fourth-order valence-corrected chi connectivity index (χ4v) is 3.35. The summed E-state index contributed by atoms with van der Waals surface area (Å²) in [5.74, 6) is 5.58. The fraction of sp³-hybridized carbons (Fsp3) is 0.222. The molecule has 0 aliphatic carbocycles. The van der Waals surface area contributed by atoms with Crippen molar-refractivity contribution in [1.29, 1.82) is 0 Å². The van der Waals surface area contributed by atoms with Crippen LogP contribution in [0.5, 0.6) is 0 Å². The first-order chi connectivity index (χ1) is 12.5. The van der Waals surface area contributed by atoms with Crippen LogP contribution in [0.3, 0.4) is 0 Å². The minimum Gasteiger partial charge on any atom is -0.349 e. The maximum atomic E-state index is 12.3. The van der Waals surface area contributed by atoms with Gasteiger partial charge >= 0.3 is 0 Å². The second kappa shape index (κ2) is 7.57. The highest BCUT2D eigenvalue weighted by molar-refractivity contribution is 7.99. The molecule has 134 valence electrons. The number of fused-ring (bicyclic) bond motifs is 1. The standard InChI is InChI=1S/C18H19N5O2S/c1-11(14-9-5-7-13-6-3-4-8-15(13)14)20-16(24)10-26-18-22-21-12(2)17(25)23(18)19/h3-9,11H,10,19H2,1-2H3,(H,20,24)/t11-/m1/s1. The number of nitrogen functional groups attached to an aromatic ring is 1. The van der Waals surface area contributed by atoms with Gasteiger partial charge in [-0.05, 0) is 30.2 Å². The molecule has 0 spiro atoms. The molecule has 1 amide bonds. The van der Waals surface area contributed by atoms with E-state index < -0.39 is 5.56 Å². The molecule has 0 saturated heterocycles. The van der Waals surface area contributed by atoms with Crippen LogP contribution < -0.4 is 16.7 Å². The van der Waals surface area contributed by atoms with Crippen molar-refractivity contribution >= 4 is 28.4 Å². The van der Waals surface area contributed by atoms with E-state index in [2.05, 4.69) is 15.5 Å². The zero-order valence-electron chi connectivity index (χ0n) is 14.5. The van der Waals surface area contributed by atoms with Crippen molar-refractivity contribution in [3.8, 4) is 0 Å². The van der Waals surface area contributed by atoms with Crippen molar-refractivity contribution in [1.82, 2.24) is 20.2 Å². The topological polar surface area (TPSA) is 103 Å². The molecule has 0 saturated carbocycles.